The quantitative estimate of drug-likeness (QED) is 0.467. The van der Waals surface area contributed by atoms with Crippen LogP contribution in [0, 0.1) is 11.3 Å². The van der Waals surface area contributed by atoms with Gasteiger partial charge in [-0.25, -0.2) is 0 Å². The number of rotatable bonds is 5. The van der Waals surface area contributed by atoms with Crippen LogP contribution in [0.15, 0.2) is 75.5 Å². The Morgan fingerprint density at radius 1 is 1.14 bits per heavy atom. The van der Waals surface area contributed by atoms with Crippen molar-refractivity contribution < 1.29 is 9.21 Å². The monoisotopic (exact) mass is 418 g/mol. The third-order valence-corrected chi connectivity index (χ3v) is 6.16. The van der Waals surface area contributed by atoms with E-state index in [1.807, 2.05) is 23.6 Å². The maximum Gasteiger partial charge on any atom is 0.269 e. The van der Waals surface area contributed by atoms with Crippen molar-refractivity contribution in [2.75, 3.05) is 0 Å². The first-order valence-corrected chi connectivity index (χ1v) is 10.4. The fourth-order valence-electron chi connectivity index (χ4n) is 2.84. The average Bonchev–Trinajstić information content (AvgIpc) is 3.50. The Labute approximate surface area is 173 Å². The van der Waals surface area contributed by atoms with Crippen LogP contribution in [0.1, 0.15) is 21.0 Å². The maximum absolute atomic E-state index is 13.1. The molecule has 1 aromatic carbocycles. The summed E-state index contributed by atoms with van der Waals surface area (Å²) >= 11 is 2.65. The SMILES string of the molecule is N#C/C(C(=O)c1ccccc1)=c1/s/c(=C\c2cccs2)c(=O)n1Cc1ccco1. The van der Waals surface area contributed by atoms with Crippen LogP contribution in [0.4, 0.5) is 0 Å². The van der Waals surface area contributed by atoms with Crippen LogP contribution >= 0.6 is 22.7 Å². The fourth-order valence-corrected chi connectivity index (χ4v) is 4.66. The number of hydrogen-bond donors (Lipinski definition) is 0. The third-order valence-electron chi connectivity index (χ3n) is 4.21. The molecule has 4 rings (SSSR count). The molecule has 29 heavy (non-hydrogen) atoms. The Kier molecular flexibility index (Phi) is 5.38. The molecule has 0 radical (unpaired) electrons. The van der Waals surface area contributed by atoms with Gasteiger partial charge >= 0.3 is 0 Å². The lowest BCUT2D eigenvalue weighted by atomic mass is 10.1. The predicted octanol–water partition coefficient (Wildman–Crippen LogP) is 3.00. The Morgan fingerprint density at radius 3 is 2.62 bits per heavy atom. The van der Waals surface area contributed by atoms with E-state index in [0.717, 1.165) is 16.2 Å². The van der Waals surface area contributed by atoms with E-state index in [9.17, 15) is 14.9 Å². The largest absolute Gasteiger partial charge is 0.467 e. The van der Waals surface area contributed by atoms with E-state index in [1.54, 1.807) is 48.5 Å². The standard InChI is InChI=1S/C22H14N2O3S2/c23-13-18(20(25)15-6-2-1-3-7-15)22-24(14-16-8-4-10-27-16)21(26)19(29-22)12-17-9-5-11-28-17/h1-12H,14H2/b19-12-,22-18-. The summed E-state index contributed by atoms with van der Waals surface area (Å²) in [6.07, 6.45) is 3.30. The third kappa shape index (κ3) is 3.90. The smallest absolute Gasteiger partial charge is 0.269 e. The van der Waals surface area contributed by atoms with Crippen LogP contribution in [0.3, 0.4) is 0 Å². The van der Waals surface area contributed by atoms with Crippen LogP contribution in [0.2, 0.25) is 0 Å². The summed E-state index contributed by atoms with van der Waals surface area (Å²) in [7, 11) is 0. The number of aromatic nitrogens is 1. The zero-order valence-corrected chi connectivity index (χ0v) is 16.7. The lowest BCUT2D eigenvalue weighted by Gasteiger charge is -2.02. The Balaban J connectivity index is 1.97. The summed E-state index contributed by atoms with van der Waals surface area (Å²) in [6.45, 7) is 0.142. The van der Waals surface area contributed by atoms with Gasteiger partial charge < -0.3 is 4.42 Å². The molecule has 7 heteroatoms. The van der Waals surface area contributed by atoms with Gasteiger partial charge in [-0.1, -0.05) is 36.4 Å². The average molecular weight is 418 g/mol. The van der Waals surface area contributed by atoms with Crippen LogP contribution in [0.25, 0.3) is 11.6 Å². The van der Waals surface area contributed by atoms with Crippen molar-refractivity contribution in [1.29, 1.82) is 5.26 Å². The van der Waals surface area contributed by atoms with E-state index >= 15 is 0 Å². The van der Waals surface area contributed by atoms with Gasteiger partial charge in [0.25, 0.3) is 5.56 Å². The van der Waals surface area contributed by atoms with Crippen molar-refractivity contribution >= 4 is 40.1 Å². The van der Waals surface area contributed by atoms with Gasteiger partial charge in [0.15, 0.2) is 0 Å². The Hall–Kier alpha value is -3.47. The van der Waals surface area contributed by atoms with Gasteiger partial charge in [-0.2, -0.15) is 5.26 Å². The molecule has 0 spiro atoms. The summed E-state index contributed by atoms with van der Waals surface area (Å²) in [6, 6.07) is 17.9. The molecule has 0 atom stereocenters. The fraction of sp³-hybridized carbons (Fsp3) is 0.0455. The second kappa shape index (κ2) is 8.27. The van der Waals surface area contributed by atoms with Gasteiger partial charge in [-0.15, -0.1) is 22.7 Å². The summed E-state index contributed by atoms with van der Waals surface area (Å²) in [5.74, 6) is 0.156. The molecule has 3 aromatic heterocycles. The van der Waals surface area contributed by atoms with E-state index in [0.29, 0.717) is 20.5 Å². The Bertz CT molecular complexity index is 1350. The predicted molar refractivity (Wildman–Crippen MR) is 113 cm³/mol. The number of Topliss-reactive ketones (excluding diaryl/α,β-unsaturated/α-hetero) is 1. The van der Waals surface area contributed by atoms with Gasteiger partial charge in [-0.3, -0.25) is 14.2 Å². The molecule has 0 amide bonds. The molecule has 0 fully saturated rings. The molecule has 0 bridgehead atoms. The molecule has 5 nitrogen and oxygen atoms in total. The van der Waals surface area contributed by atoms with Gasteiger partial charge in [0, 0.05) is 10.4 Å². The van der Waals surface area contributed by atoms with E-state index in [4.69, 9.17) is 4.42 Å². The molecule has 142 valence electrons. The normalized spacial score (nSPS) is 12.6. The van der Waals surface area contributed by atoms with Crippen LogP contribution < -0.4 is 14.8 Å². The van der Waals surface area contributed by atoms with Crippen LogP contribution in [-0.4, -0.2) is 10.4 Å². The zero-order chi connectivity index (χ0) is 20.2. The second-order valence-corrected chi connectivity index (χ2v) is 8.09. The first-order chi connectivity index (χ1) is 14.2. The highest BCUT2D eigenvalue weighted by Gasteiger charge is 2.18. The van der Waals surface area contributed by atoms with Crippen LogP contribution in [0.5, 0.6) is 0 Å². The van der Waals surface area contributed by atoms with Crippen molar-refractivity contribution in [2.45, 2.75) is 6.54 Å². The summed E-state index contributed by atoms with van der Waals surface area (Å²) in [5, 5.41) is 11.7. The lowest BCUT2D eigenvalue weighted by Crippen LogP contribution is -2.33. The highest BCUT2D eigenvalue weighted by Crippen LogP contribution is 2.10. The molecule has 0 aliphatic heterocycles. The van der Waals surface area contributed by atoms with Gasteiger partial charge in [0.2, 0.25) is 5.78 Å². The van der Waals surface area contributed by atoms with Gasteiger partial charge in [0.1, 0.15) is 22.1 Å². The number of nitrogens with zero attached hydrogens (tertiary/aromatic N) is 2. The number of nitriles is 1. The highest BCUT2D eigenvalue weighted by atomic mass is 32.1. The highest BCUT2D eigenvalue weighted by molar-refractivity contribution is 7.11. The van der Waals surface area contributed by atoms with Crippen LogP contribution in [-0.2, 0) is 6.54 Å². The van der Waals surface area contributed by atoms with E-state index in [2.05, 4.69) is 0 Å². The van der Waals surface area contributed by atoms with Crippen molar-refractivity contribution in [3.05, 3.63) is 102 Å². The summed E-state index contributed by atoms with van der Waals surface area (Å²) in [4.78, 5) is 27.0. The summed E-state index contributed by atoms with van der Waals surface area (Å²) < 4.78 is 7.60. The molecular formula is C22H14N2O3S2. The number of benzene rings is 1. The van der Waals surface area contributed by atoms with Crippen molar-refractivity contribution in [3.8, 4) is 6.07 Å². The number of hydrogen-bond acceptors (Lipinski definition) is 6. The first kappa shape index (κ1) is 18.9. The molecular weight excluding hydrogens is 404 g/mol. The number of thiazole rings is 1. The number of ketones is 1. The molecule has 0 N–H and O–H groups in total. The topological polar surface area (TPSA) is 76.0 Å². The second-order valence-electron chi connectivity index (χ2n) is 6.08. The van der Waals surface area contributed by atoms with E-state index in [1.165, 1.54) is 22.2 Å². The minimum atomic E-state index is -0.412. The molecule has 3 heterocycles. The molecule has 4 aromatic rings. The lowest BCUT2D eigenvalue weighted by molar-refractivity contribution is 0.105. The number of furan rings is 1. The Morgan fingerprint density at radius 2 is 1.97 bits per heavy atom. The molecule has 0 saturated carbocycles. The maximum atomic E-state index is 13.1. The van der Waals surface area contributed by atoms with E-state index < -0.39 is 5.78 Å². The molecule has 0 aliphatic carbocycles. The van der Waals surface area contributed by atoms with Gasteiger partial charge in [0.05, 0.1) is 17.3 Å². The minimum Gasteiger partial charge on any atom is -0.467 e. The van der Waals surface area contributed by atoms with Crippen molar-refractivity contribution in [1.82, 2.24) is 4.57 Å². The zero-order valence-electron chi connectivity index (χ0n) is 15.1. The number of carbonyl (C=O) groups excluding carboxylic acids is 1. The number of thiophene rings is 1. The first-order valence-electron chi connectivity index (χ1n) is 8.69. The van der Waals surface area contributed by atoms with Crippen molar-refractivity contribution in [2.24, 2.45) is 0 Å². The minimum absolute atomic E-state index is 0.0596. The van der Waals surface area contributed by atoms with E-state index in [-0.39, 0.29) is 17.7 Å². The molecule has 0 saturated heterocycles. The molecule has 0 unspecified atom stereocenters. The van der Waals surface area contributed by atoms with Gasteiger partial charge in [-0.05, 0) is 29.7 Å². The number of carbonyl (C=O) groups is 1. The van der Waals surface area contributed by atoms with Crippen molar-refractivity contribution in [3.63, 3.8) is 0 Å². The summed E-state index contributed by atoms with van der Waals surface area (Å²) in [5.41, 5.74) is 0.0809. The molecule has 0 aliphatic rings.